The first-order valence-electron chi connectivity index (χ1n) is 10.3. The molecule has 1 unspecified atom stereocenters. The largest absolute Gasteiger partial charge is 0.386 e. The van der Waals surface area contributed by atoms with E-state index in [1.165, 1.54) is 0 Å². The van der Waals surface area contributed by atoms with Crippen LogP contribution in [0.5, 0.6) is 0 Å². The number of aliphatic hydroxyl groups excluding tert-OH is 1. The number of aromatic amines is 2. The minimum Gasteiger partial charge on any atom is -0.386 e. The normalized spacial score (nSPS) is 19.5. The van der Waals surface area contributed by atoms with Crippen LogP contribution in [0.15, 0.2) is 41.2 Å². The van der Waals surface area contributed by atoms with Crippen molar-refractivity contribution in [3.63, 3.8) is 0 Å². The molecule has 2 aliphatic rings. The van der Waals surface area contributed by atoms with E-state index in [0.717, 1.165) is 11.1 Å². The monoisotopic (exact) mass is 442 g/mol. The predicted octanol–water partition coefficient (Wildman–Crippen LogP) is 1.78. The van der Waals surface area contributed by atoms with Gasteiger partial charge in [0.05, 0.1) is 11.0 Å². The second-order valence-corrected chi connectivity index (χ2v) is 8.77. The SMILES string of the molecule is O=C(c1ccc(-c2cc(Cl)cc3[nH]c(=O)[nH]c23)cc1)N1CCN(C(O)C2(O)CC2)CC1. The Morgan fingerprint density at radius 1 is 1.06 bits per heavy atom. The summed E-state index contributed by atoms with van der Waals surface area (Å²) in [6.45, 7) is 2.03. The summed E-state index contributed by atoms with van der Waals surface area (Å²) in [5, 5.41) is 20.9. The Morgan fingerprint density at radius 2 is 1.74 bits per heavy atom. The maximum absolute atomic E-state index is 12.9. The number of hydrogen-bond donors (Lipinski definition) is 4. The summed E-state index contributed by atoms with van der Waals surface area (Å²) in [6, 6.07) is 10.7. The van der Waals surface area contributed by atoms with Gasteiger partial charge >= 0.3 is 5.69 Å². The molecule has 1 aliphatic heterocycles. The molecule has 1 aromatic heterocycles. The van der Waals surface area contributed by atoms with Crippen LogP contribution >= 0.6 is 11.6 Å². The van der Waals surface area contributed by atoms with E-state index in [1.807, 2.05) is 17.0 Å². The number of nitrogens with zero attached hydrogens (tertiary/aromatic N) is 2. The first kappa shape index (κ1) is 20.3. The molecule has 5 rings (SSSR count). The Bertz CT molecular complexity index is 1190. The van der Waals surface area contributed by atoms with Crippen LogP contribution in [0.1, 0.15) is 23.2 Å². The summed E-state index contributed by atoms with van der Waals surface area (Å²) in [6.07, 6.45) is 0.378. The number of carbonyl (C=O) groups excluding carboxylic acids is 1. The summed E-state index contributed by atoms with van der Waals surface area (Å²) in [7, 11) is 0. The van der Waals surface area contributed by atoms with Crippen molar-refractivity contribution in [3.8, 4) is 11.1 Å². The lowest BCUT2D eigenvalue weighted by molar-refractivity contribution is -0.108. The van der Waals surface area contributed by atoms with E-state index < -0.39 is 11.8 Å². The van der Waals surface area contributed by atoms with E-state index in [9.17, 15) is 19.8 Å². The molecule has 2 fully saturated rings. The Kier molecular flexibility index (Phi) is 4.90. The first-order chi connectivity index (χ1) is 14.8. The molecule has 162 valence electrons. The molecule has 2 aromatic carbocycles. The summed E-state index contributed by atoms with van der Waals surface area (Å²) >= 11 is 6.20. The molecule has 8 nitrogen and oxygen atoms in total. The van der Waals surface area contributed by atoms with E-state index in [4.69, 9.17) is 11.6 Å². The van der Waals surface area contributed by atoms with Crippen LogP contribution in [0.3, 0.4) is 0 Å². The van der Waals surface area contributed by atoms with Crippen molar-refractivity contribution < 1.29 is 15.0 Å². The Hall–Kier alpha value is -2.65. The van der Waals surface area contributed by atoms with E-state index >= 15 is 0 Å². The van der Waals surface area contributed by atoms with Gasteiger partial charge in [-0.15, -0.1) is 0 Å². The maximum Gasteiger partial charge on any atom is 0.323 e. The standard InChI is InChI=1S/C22H23ClN4O4/c23-15-11-16(18-17(12-15)24-21(30)25-18)13-1-3-14(4-2-13)19(28)26-7-9-27(10-8-26)20(29)22(31)5-6-22/h1-4,11-12,20,29,31H,5-10H2,(H2,24,25,30). The number of fused-ring (bicyclic) bond motifs is 1. The number of imidazole rings is 1. The number of hydrogen-bond acceptors (Lipinski definition) is 5. The highest BCUT2D eigenvalue weighted by Gasteiger charge is 2.50. The number of benzene rings is 2. The van der Waals surface area contributed by atoms with Crippen molar-refractivity contribution in [2.75, 3.05) is 26.2 Å². The summed E-state index contributed by atoms with van der Waals surface area (Å²) < 4.78 is 0. The average Bonchev–Trinajstić information content (AvgIpc) is 3.42. The van der Waals surface area contributed by atoms with Crippen LogP contribution < -0.4 is 5.69 Å². The molecule has 4 N–H and O–H groups in total. The van der Waals surface area contributed by atoms with E-state index in [2.05, 4.69) is 9.97 Å². The van der Waals surface area contributed by atoms with Crippen molar-refractivity contribution in [1.82, 2.24) is 19.8 Å². The molecule has 3 aromatic rings. The smallest absolute Gasteiger partial charge is 0.323 e. The average molecular weight is 443 g/mol. The number of nitrogens with one attached hydrogen (secondary N) is 2. The maximum atomic E-state index is 12.9. The quantitative estimate of drug-likeness (QED) is 0.492. The van der Waals surface area contributed by atoms with Gasteiger partial charge in [-0.3, -0.25) is 9.69 Å². The number of aromatic nitrogens is 2. The third-order valence-corrected chi connectivity index (χ3v) is 6.44. The van der Waals surface area contributed by atoms with Crippen LogP contribution in [-0.2, 0) is 0 Å². The van der Waals surface area contributed by atoms with Crippen molar-refractivity contribution in [2.24, 2.45) is 0 Å². The van der Waals surface area contributed by atoms with Crippen molar-refractivity contribution >= 4 is 28.5 Å². The molecule has 2 heterocycles. The van der Waals surface area contributed by atoms with Crippen LogP contribution in [-0.4, -0.2) is 73.9 Å². The third-order valence-electron chi connectivity index (χ3n) is 6.22. The van der Waals surface area contributed by atoms with Crippen LogP contribution in [0.25, 0.3) is 22.2 Å². The van der Waals surface area contributed by atoms with Gasteiger partial charge in [0.2, 0.25) is 0 Å². The van der Waals surface area contributed by atoms with Gasteiger partial charge in [-0.2, -0.15) is 0 Å². The number of carbonyl (C=O) groups is 1. The van der Waals surface area contributed by atoms with E-state index in [1.54, 1.807) is 29.2 Å². The molecule has 1 saturated heterocycles. The Labute approximate surface area is 183 Å². The first-order valence-corrected chi connectivity index (χ1v) is 10.7. The summed E-state index contributed by atoms with van der Waals surface area (Å²) in [5.74, 6) is -0.0721. The molecule has 0 spiro atoms. The lowest BCUT2D eigenvalue weighted by atomic mass is 10.0. The minimum absolute atomic E-state index is 0.0721. The van der Waals surface area contributed by atoms with Gasteiger partial charge in [0.1, 0.15) is 11.8 Å². The molecular weight excluding hydrogens is 420 g/mol. The lowest BCUT2D eigenvalue weighted by Gasteiger charge is -2.38. The zero-order chi connectivity index (χ0) is 21.8. The fourth-order valence-electron chi connectivity index (χ4n) is 4.21. The van der Waals surface area contributed by atoms with E-state index in [0.29, 0.717) is 60.6 Å². The zero-order valence-electron chi connectivity index (χ0n) is 16.8. The molecular formula is C22H23ClN4O4. The highest BCUT2D eigenvalue weighted by Crippen LogP contribution is 2.39. The zero-order valence-corrected chi connectivity index (χ0v) is 17.5. The Balaban J connectivity index is 1.31. The number of rotatable bonds is 4. The second-order valence-electron chi connectivity index (χ2n) is 8.34. The lowest BCUT2D eigenvalue weighted by Crippen LogP contribution is -2.55. The van der Waals surface area contributed by atoms with Crippen LogP contribution in [0, 0.1) is 0 Å². The molecule has 1 atom stereocenters. The van der Waals surface area contributed by atoms with Gasteiger partial charge in [-0.1, -0.05) is 23.7 Å². The molecule has 0 radical (unpaired) electrons. The molecule has 1 saturated carbocycles. The van der Waals surface area contributed by atoms with E-state index in [-0.39, 0.29) is 11.6 Å². The van der Waals surface area contributed by atoms with Crippen LogP contribution in [0.2, 0.25) is 5.02 Å². The van der Waals surface area contributed by atoms with Gasteiger partial charge in [0, 0.05) is 42.3 Å². The fourth-order valence-corrected chi connectivity index (χ4v) is 4.42. The number of piperazine rings is 1. The highest BCUT2D eigenvalue weighted by atomic mass is 35.5. The van der Waals surface area contributed by atoms with Gasteiger partial charge in [0.15, 0.2) is 0 Å². The van der Waals surface area contributed by atoms with Gasteiger partial charge < -0.3 is 25.1 Å². The van der Waals surface area contributed by atoms with Crippen molar-refractivity contribution in [3.05, 3.63) is 57.5 Å². The minimum atomic E-state index is -0.975. The molecule has 1 aliphatic carbocycles. The van der Waals surface area contributed by atoms with Gasteiger partial charge in [-0.25, -0.2) is 4.79 Å². The summed E-state index contributed by atoms with van der Waals surface area (Å²) in [5.41, 5.74) is 2.20. The predicted molar refractivity (Wildman–Crippen MR) is 117 cm³/mol. The number of halogens is 1. The number of H-pyrrole nitrogens is 2. The molecule has 0 bridgehead atoms. The van der Waals surface area contributed by atoms with Gasteiger partial charge in [-0.05, 0) is 42.7 Å². The highest BCUT2D eigenvalue weighted by molar-refractivity contribution is 6.31. The molecule has 31 heavy (non-hydrogen) atoms. The van der Waals surface area contributed by atoms with Gasteiger partial charge in [0.25, 0.3) is 5.91 Å². The third kappa shape index (κ3) is 3.76. The number of amides is 1. The topological polar surface area (TPSA) is 113 Å². The Morgan fingerprint density at radius 3 is 2.39 bits per heavy atom. The van der Waals surface area contributed by atoms with Crippen molar-refractivity contribution in [2.45, 2.75) is 24.7 Å². The number of aliphatic hydroxyl groups is 2. The van der Waals surface area contributed by atoms with Crippen molar-refractivity contribution in [1.29, 1.82) is 0 Å². The fraction of sp³-hybridized carbons (Fsp3) is 0.364. The van der Waals surface area contributed by atoms with Crippen LogP contribution in [0.4, 0.5) is 0 Å². The summed E-state index contributed by atoms with van der Waals surface area (Å²) in [4.78, 5) is 33.7. The molecule has 9 heteroatoms. The second kappa shape index (κ2) is 7.49. The molecule has 1 amide bonds.